The second kappa shape index (κ2) is 7.81. The van der Waals surface area contributed by atoms with Gasteiger partial charge >= 0.3 is 6.09 Å². The first-order valence-electron chi connectivity index (χ1n) is 9.94. The quantitative estimate of drug-likeness (QED) is 0.479. The smallest absolute Gasteiger partial charge is 0.407 e. The van der Waals surface area contributed by atoms with Gasteiger partial charge in [-0.3, -0.25) is 0 Å². The number of carbonyl (C=O) groups is 1. The lowest BCUT2D eigenvalue weighted by molar-refractivity contribution is 0.144. The van der Waals surface area contributed by atoms with Gasteiger partial charge < -0.3 is 15.0 Å². The lowest BCUT2D eigenvalue weighted by Gasteiger charge is -2.14. The molecule has 0 atom stereocenters. The van der Waals surface area contributed by atoms with Crippen molar-refractivity contribution in [3.8, 4) is 23.0 Å². The molecule has 4 nitrogen and oxygen atoms in total. The van der Waals surface area contributed by atoms with E-state index in [0.717, 1.165) is 16.5 Å². The summed E-state index contributed by atoms with van der Waals surface area (Å²) >= 11 is 0. The Morgan fingerprint density at radius 1 is 0.967 bits per heavy atom. The van der Waals surface area contributed by atoms with Crippen molar-refractivity contribution in [1.29, 1.82) is 0 Å². The summed E-state index contributed by atoms with van der Waals surface area (Å²) in [5.41, 5.74) is 6.83. The van der Waals surface area contributed by atoms with Gasteiger partial charge in [0.1, 0.15) is 6.61 Å². The number of aromatic amines is 1. The molecule has 30 heavy (non-hydrogen) atoms. The van der Waals surface area contributed by atoms with Crippen molar-refractivity contribution in [1.82, 2.24) is 10.3 Å². The Kier molecular flexibility index (Phi) is 4.71. The standard InChI is InChI=1S/C26H20N2O2/c29-26(28-14-5-6-18-11-12-25-19(16-18)13-15-27-25)30-17-24-22-9-3-1-7-20(22)21-8-2-4-10-23(21)24/h1-4,7-13,15-16,24,27H,14,17H2,(H,28,29). The number of amides is 1. The molecule has 0 unspecified atom stereocenters. The van der Waals surface area contributed by atoms with E-state index >= 15 is 0 Å². The van der Waals surface area contributed by atoms with Gasteiger partial charge in [0.25, 0.3) is 0 Å². The van der Waals surface area contributed by atoms with E-state index in [9.17, 15) is 4.79 Å². The van der Waals surface area contributed by atoms with Crippen molar-refractivity contribution in [2.45, 2.75) is 5.92 Å². The second-order valence-electron chi connectivity index (χ2n) is 7.26. The zero-order valence-electron chi connectivity index (χ0n) is 16.3. The highest BCUT2D eigenvalue weighted by molar-refractivity contribution is 5.81. The number of rotatable bonds is 3. The van der Waals surface area contributed by atoms with E-state index in [4.69, 9.17) is 4.74 Å². The lowest BCUT2D eigenvalue weighted by atomic mass is 9.98. The van der Waals surface area contributed by atoms with Gasteiger partial charge in [-0.25, -0.2) is 4.79 Å². The summed E-state index contributed by atoms with van der Waals surface area (Å²) in [6.07, 6.45) is 1.45. The van der Waals surface area contributed by atoms with E-state index in [1.165, 1.54) is 22.3 Å². The number of hydrogen-bond acceptors (Lipinski definition) is 2. The summed E-state index contributed by atoms with van der Waals surface area (Å²) in [6.45, 7) is 0.541. The van der Waals surface area contributed by atoms with Gasteiger partial charge in [0.2, 0.25) is 0 Å². The van der Waals surface area contributed by atoms with E-state index in [1.807, 2.05) is 54.7 Å². The molecule has 146 valence electrons. The Labute approximate surface area is 174 Å². The molecule has 1 aliphatic rings. The molecule has 1 amide bonds. The van der Waals surface area contributed by atoms with Crippen molar-refractivity contribution in [2.75, 3.05) is 13.2 Å². The Morgan fingerprint density at radius 3 is 2.47 bits per heavy atom. The van der Waals surface area contributed by atoms with Gasteiger partial charge in [-0.2, -0.15) is 0 Å². The molecule has 0 aliphatic heterocycles. The predicted octanol–water partition coefficient (Wildman–Crippen LogP) is 5.06. The van der Waals surface area contributed by atoms with Gasteiger partial charge in [0.15, 0.2) is 0 Å². The zero-order chi connectivity index (χ0) is 20.3. The van der Waals surface area contributed by atoms with Crippen LogP contribution in [0, 0.1) is 11.8 Å². The van der Waals surface area contributed by atoms with Crippen molar-refractivity contribution < 1.29 is 9.53 Å². The van der Waals surface area contributed by atoms with Crippen molar-refractivity contribution in [2.24, 2.45) is 0 Å². The van der Waals surface area contributed by atoms with Crippen LogP contribution >= 0.6 is 0 Å². The van der Waals surface area contributed by atoms with Gasteiger partial charge in [-0.05, 0) is 46.5 Å². The number of fused-ring (bicyclic) bond motifs is 4. The summed E-state index contributed by atoms with van der Waals surface area (Å²) in [4.78, 5) is 15.3. The van der Waals surface area contributed by atoms with Crippen LogP contribution in [0.2, 0.25) is 0 Å². The molecular formula is C26H20N2O2. The van der Waals surface area contributed by atoms with Crippen LogP contribution in [0.15, 0.2) is 79.0 Å². The fraction of sp³-hybridized carbons (Fsp3) is 0.115. The number of alkyl carbamates (subject to hydrolysis) is 1. The molecule has 0 saturated heterocycles. The summed E-state index contributed by atoms with van der Waals surface area (Å²) in [5.74, 6) is 6.11. The number of ether oxygens (including phenoxy) is 1. The molecule has 0 bridgehead atoms. The van der Waals surface area contributed by atoms with Crippen LogP contribution in [0.3, 0.4) is 0 Å². The van der Waals surface area contributed by atoms with Crippen LogP contribution in [0.4, 0.5) is 4.79 Å². The summed E-state index contributed by atoms with van der Waals surface area (Å²) in [5, 5.41) is 3.83. The van der Waals surface area contributed by atoms with Gasteiger partial charge in [0, 0.05) is 28.6 Å². The monoisotopic (exact) mass is 392 g/mol. The molecule has 0 spiro atoms. The van der Waals surface area contributed by atoms with E-state index in [2.05, 4.69) is 46.4 Å². The minimum absolute atomic E-state index is 0.0577. The van der Waals surface area contributed by atoms with Crippen molar-refractivity contribution in [3.05, 3.63) is 95.7 Å². The predicted molar refractivity (Wildman–Crippen MR) is 118 cm³/mol. The molecule has 1 heterocycles. The molecular weight excluding hydrogens is 372 g/mol. The highest BCUT2D eigenvalue weighted by atomic mass is 16.5. The summed E-state index contributed by atoms with van der Waals surface area (Å²) < 4.78 is 5.52. The molecule has 0 saturated carbocycles. The molecule has 5 rings (SSSR count). The Hall–Kier alpha value is -3.97. The zero-order valence-corrected chi connectivity index (χ0v) is 16.3. The first-order chi connectivity index (χ1) is 14.8. The number of benzene rings is 3. The molecule has 0 radical (unpaired) electrons. The highest BCUT2D eigenvalue weighted by Gasteiger charge is 2.28. The minimum atomic E-state index is -0.452. The molecule has 3 aromatic carbocycles. The fourth-order valence-electron chi connectivity index (χ4n) is 4.04. The second-order valence-corrected chi connectivity index (χ2v) is 7.26. The van der Waals surface area contributed by atoms with Gasteiger partial charge in [-0.15, -0.1) is 0 Å². The SMILES string of the molecule is O=C(NCC#Cc1ccc2[nH]ccc2c1)OCC1c2ccccc2-c2ccccc21. The van der Waals surface area contributed by atoms with Crippen molar-refractivity contribution >= 4 is 17.0 Å². The average Bonchev–Trinajstić information content (AvgIpc) is 3.37. The normalized spacial score (nSPS) is 12.0. The number of aromatic nitrogens is 1. The number of carbonyl (C=O) groups excluding carboxylic acids is 1. The van der Waals surface area contributed by atoms with Gasteiger partial charge in [-0.1, -0.05) is 60.4 Å². The van der Waals surface area contributed by atoms with E-state index in [0.29, 0.717) is 6.61 Å². The third kappa shape index (κ3) is 3.42. The van der Waals surface area contributed by atoms with E-state index < -0.39 is 6.09 Å². The lowest BCUT2D eigenvalue weighted by Crippen LogP contribution is -2.26. The largest absolute Gasteiger partial charge is 0.449 e. The topological polar surface area (TPSA) is 54.1 Å². The number of H-pyrrole nitrogens is 1. The fourth-order valence-corrected chi connectivity index (χ4v) is 4.04. The molecule has 1 aromatic heterocycles. The van der Waals surface area contributed by atoms with Crippen LogP contribution < -0.4 is 5.32 Å². The van der Waals surface area contributed by atoms with Crippen molar-refractivity contribution in [3.63, 3.8) is 0 Å². The molecule has 1 aliphatic carbocycles. The Bertz CT molecular complexity index is 1250. The van der Waals surface area contributed by atoms with E-state index in [-0.39, 0.29) is 12.5 Å². The minimum Gasteiger partial charge on any atom is -0.449 e. The third-order valence-electron chi connectivity index (χ3n) is 5.45. The van der Waals surface area contributed by atoms with Crippen LogP contribution in [0.25, 0.3) is 22.0 Å². The van der Waals surface area contributed by atoms with E-state index in [1.54, 1.807) is 0 Å². The maximum absolute atomic E-state index is 12.2. The summed E-state index contributed by atoms with van der Waals surface area (Å²) in [7, 11) is 0. The van der Waals surface area contributed by atoms with Crippen LogP contribution in [-0.2, 0) is 4.74 Å². The molecule has 0 fully saturated rings. The molecule has 2 N–H and O–H groups in total. The maximum atomic E-state index is 12.2. The highest BCUT2D eigenvalue weighted by Crippen LogP contribution is 2.44. The van der Waals surface area contributed by atoms with Gasteiger partial charge in [0.05, 0.1) is 6.54 Å². The Balaban J connectivity index is 1.19. The van der Waals surface area contributed by atoms with Crippen LogP contribution in [0.1, 0.15) is 22.6 Å². The molecule has 4 heteroatoms. The first-order valence-corrected chi connectivity index (χ1v) is 9.94. The Morgan fingerprint density at radius 2 is 1.70 bits per heavy atom. The van der Waals surface area contributed by atoms with Crippen LogP contribution in [-0.4, -0.2) is 24.2 Å². The first kappa shape index (κ1) is 18.1. The number of hydrogen-bond donors (Lipinski definition) is 2. The maximum Gasteiger partial charge on any atom is 0.407 e. The molecule has 4 aromatic rings. The van der Waals surface area contributed by atoms with Crippen LogP contribution in [0.5, 0.6) is 0 Å². The third-order valence-corrected chi connectivity index (χ3v) is 5.45. The summed E-state index contributed by atoms with van der Waals surface area (Å²) in [6, 6.07) is 24.6. The number of nitrogens with one attached hydrogen (secondary N) is 2. The average molecular weight is 392 g/mol.